The van der Waals surface area contributed by atoms with Gasteiger partial charge < -0.3 is 11.1 Å². The molecule has 3 rings (SSSR count). The van der Waals surface area contributed by atoms with Crippen molar-refractivity contribution in [2.24, 2.45) is 5.73 Å². The molecule has 0 amide bonds. The smallest absolute Gasteiger partial charge is 0.0500 e. The highest BCUT2D eigenvalue weighted by Crippen LogP contribution is 2.43. The summed E-state index contributed by atoms with van der Waals surface area (Å²) in [6, 6.07) is 7.32. The van der Waals surface area contributed by atoms with Gasteiger partial charge >= 0.3 is 0 Å². The SMILES string of the molecule is CNC(c1ccc2c(c1)CCCC2)C1(N)CC1. The van der Waals surface area contributed by atoms with Gasteiger partial charge in [0.05, 0.1) is 6.04 Å². The number of nitrogens with two attached hydrogens (primary N) is 1. The van der Waals surface area contributed by atoms with Crippen molar-refractivity contribution in [2.75, 3.05) is 7.05 Å². The molecule has 1 atom stereocenters. The molecular formula is C15H22N2. The predicted octanol–water partition coefficient (Wildman–Crippen LogP) is 2.32. The third-order valence-corrected chi connectivity index (χ3v) is 4.40. The number of rotatable bonds is 3. The van der Waals surface area contributed by atoms with E-state index in [0.29, 0.717) is 6.04 Å². The van der Waals surface area contributed by atoms with Gasteiger partial charge in [-0.15, -0.1) is 0 Å². The lowest BCUT2D eigenvalue weighted by Crippen LogP contribution is -2.38. The van der Waals surface area contributed by atoms with Crippen LogP contribution < -0.4 is 11.1 Å². The van der Waals surface area contributed by atoms with Crippen LogP contribution in [0.3, 0.4) is 0 Å². The van der Waals surface area contributed by atoms with Crippen LogP contribution in [0, 0.1) is 0 Å². The lowest BCUT2D eigenvalue weighted by molar-refractivity contribution is 0.461. The van der Waals surface area contributed by atoms with E-state index < -0.39 is 0 Å². The van der Waals surface area contributed by atoms with Crippen LogP contribution in [0.5, 0.6) is 0 Å². The van der Waals surface area contributed by atoms with Gasteiger partial charge in [-0.3, -0.25) is 0 Å². The standard InChI is InChI=1S/C15H22N2/c1-17-14(15(16)8-9-15)13-7-6-11-4-2-3-5-12(11)10-13/h6-7,10,14,17H,2-5,8-9,16H2,1H3. The molecule has 1 aromatic rings. The number of aryl methyl sites for hydroxylation is 2. The molecule has 0 aliphatic heterocycles. The summed E-state index contributed by atoms with van der Waals surface area (Å²) in [7, 11) is 2.02. The molecule has 2 heteroatoms. The van der Waals surface area contributed by atoms with Crippen LogP contribution in [0.1, 0.15) is 48.4 Å². The van der Waals surface area contributed by atoms with E-state index in [1.54, 1.807) is 11.1 Å². The summed E-state index contributed by atoms with van der Waals surface area (Å²) in [6.45, 7) is 0. The Bertz CT molecular complexity index is 421. The zero-order valence-electron chi connectivity index (χ0n) is 10.6. The zero-order valence-corrected chi connectivity index (χ0v) is 10.6. The Balaban J connectivity index is 1.92. The van der Waals surface area contributed by atoms with Crippen LogP contribution in [0.2, 0.25) is 0 Å². The maximum absolute atomic E-state index is 6.35. The van der Waals surface area contributed by atoms with Gasteiger partial charge in [0, 0.05) is 5.54 Å². The van der Waals surface area contributed by atoms with Gasteiger partial charge in [0.2, 0.25) is 0 Å². The summed E-state index contributed by atoms with van der Waals surface area (Å²) in [5.41, 5.74) is 10.8. The molecule has 92 valence electrons. The number of fused-ring (bicyclic) bond motifs is 1. The Kier molecular flexibility index (Phi) is 2.72. The van der Waals surface area contributed by atoms with Gasteiger partial charge in [-0.25, -0.2) is 0 Å². The minimum Gasteiger partial charge on any atom is -0.323 e. The molecule has 17 heavy (non-hydrogen) atoms. The zero-order chi connectivity index (χ0) is 11.9. The van der Waals surface area contributed by atoms with Crippen molar-refractivity contribution in [1.82, 2.24) is 5.32 Å². The lowest BCUT2D eigenvalue weighted by atomic mass is 9.87. The molecule has 1 aromatic carbocycles. The van der Waals surface area contributed by atoms with Crippen molar-refractivity contribution in [3.8, 4) is 0 Å². The normalized spacial score (nSPS) is 22.9. The Morgan fingerprint density at radius 1 is 1.18 bits per heavy atom. The second-order valence-corrected chi connectivity index (χ2v) is 5.69. The third kappa shape index (κ3) is 2.00. The average molecular weight is 230 g/mol. The molecule has 0 radical (unpaired) electrons. The van der Waals surface area contributed by atoms with Crippen molar-refractivity contribution in [3.05, 3.63) is 34.9 Å². The minimum atomic E-state index is 0.0116. The summed E-state index contributed by atoms with van der Waals surface area (Å²) >= 11 is 0. The molecule has 2 aliphatic rings. The van der Waals surface area contributed by atoms with Crippen molar-refractivity contribution in [1.29, 1.82) is 0 Å². The summed E-state index contributed by atoms with van der Waals surface area (Å²) in [5.74, 6) is 0. The Morgan fingerprint density at radius 3 is 2.53 bits per heavy atom. The molecule has 2 aliphatic carbocycles. The van der Waals surface area contributed by atoms with Crippen LogP contribution in [0.15, 0.2) is 18.2 Å². The van der Waals surface area contributed by atoms with Crippen LogP contribution in [-0.4, -0.2) is 12.6 Å². The monoisotopic (exact) mass is 230 g/mol. The fraction of sp³-hybridized carbons (Fsp3) is 0.600. The molecule has 0 heterocycles. The van der Waals surface area contributed by atoms with Crippen LogP contribution >= 0.6 is 0 Å². The highest BCUT2D eigenvalue weighted by molar-refractivity contribution is 5.37. The number of likely N-dealkylation sites (N-methyl/N-ethyl adjacent to an activating group) is 1. The fourth-order valence-corrected chi connectivity index (χ4v) is 3.15. The summed E-state index contributed by atoms with van der Waals surface area (Å²) in [4.78, 5) is 0. The van der Waals surface area contributed by atoms with E-state index >= 15 is 0 Å². The molecule has 3 N–H and O–H groups in total. The number of benzene rings is 1. The summed E-state index contributed by atoms with van der Waals surface area (Å²) in [6.07, 6.45) is 7.49. The molecule has 1 saturated carbocycles. The van der Waals surface area contributed by atoms with Crippen molar-refractivity contribution in [2.45, 2.75) is 50.1 Å². The van der Waals surface area contributed by atoms with Crippen LogP contribution in [-0.2, 0) is 12.8 Å². The second kappa shape index (κ2) is 4.11. The Labute approximate surface area is 104 Å². The largest absolute Gasteiger partial charge is 0.323 e. The first-order valence-corrected chi connectivity index (χ1v) is 6.81. The highest BCUT2D eigenvalue weighted by Gasteiger charge is 2.45. The van der Waals surface area contributed by atoms with E-state index in [1.807, 2.05) is 7.05 Å². The predicted molar refractivity (Wildman–Crippen MR) is 71.0 cm³/mol. The van der Waals surface area contributed by atoms with Crippen molar-refractivity contribution >= 4 is 0 Å². The van der Waals surface area contributed by atoms with Crippen LogP contribution in [0.25, 0.3) is 0 Å². The molecule has 0 bridgehead atoms. The Hall–Kier alpha value is -0.860. The number of hydrogen-bond acceptors (Lipinski definition) is 2. The van der Waals surface area contributed by atoms with E-state index in [4.69, 9.17) is 5.73 Å². The summed E-state index contributed by atoms with van der Waals surface area (Å²) < 4.78 is 0. The van der Waals surface area contributed by atoms with Gasteiger partial charge in [-0.1, -0.05) is 18.2 Å². The number of hydrogen-bond donors (Lipinski definition) is 2. The first-order chi connectivity index (χ1) is 8.23. The van der Waals surface area contributed by atoms with Gasteiger partial charge in [-0.05, 0) is 62.3 Å². The summed E-state index contributed by atoms with van der Waals surface area (Å²) in [5, 5.41) is 3.40. The van der Waals surface area contributed by atoms with Crippen molar-refractivity contribution < 1.29 is 0 Å². The average Bonchev–Trinajstić information content (AvgIpc) is 3.09. The van der Waals surface area contributed by atoms with E-state index in [-0.39, 0.29) is 5.54 Å². The Morgan fingerprint density at radius 2 is 1.88 bits per heavy atom. The van der Waals surface area contributed by atoms with Gasteiger partial charge in [-0.2, -0.15) is 0 Å². The highest BCUT2D eigenvalue weighted by atomic mass is 15.0. The topological polar surface area (TPSA) is 38.0 Å². The van der Waals surface area contributed by atoms with E-state index in [9.17, 15) is 0 Å². The van der Waals surface area contributed by atoms with E-state index in [0.717, 1.165) is 12.8 Å². The second-order valence-electron chi connectivity index (χ2n) is 5.69. The third-order valence-electron chi connectivity index (χ3n) is 4.40. The van der Waals surface area contributed by atoms with Crippen LogP contribution in [0.4, 0.5) is 0 Å². The maximum Gasteiger partial charge on any atom is 0.0500 e. The lowest BCUT2D eigenvalue weighted by Gasteiger charge is -2.25. The fourth-order valence-electron chi connectivity index (χ4n) is 3.15. The molecule has 0 spiro atoms. The molecular weight excluding hydrogens is 208 g/mol. The molecule has 1 fully saturated rings. The molecule has 2 nitrogen and oxygen atoms in total. The molecule has 0 saturated heterocycles. The number of nitrogens with one attached hydrogen (secondary N) is 1. The first-order valence-electron chi connectivity index (χ1n) is 6.81. The van der Waals surface area contributed by atoms with Crippen molar-refractivity contribution in [3.63, 3.8) is 0 Å². The minimum absolute atomic E-state index is 0.0116. The molecule has 0 aromatic heterocycles. The van der Waals surface area contributed by atoms with Gasteiger partial charge in [0.1, 0.15) is 0 Å². The van der Waals surface area contributed by atoms with E-state index in [1.165, 1.54) is 31.2 Å². The van der Waals surface area contributed by atoms with E-state index in [2.05, 4.69) is 23.5 Å². The van der Waals surface area contributed by atoms with Gasteiger partial charge in [0.15, 0.2) is 0 Å². The first kappa shape index (κ1) is 11.2. The maximum atomic E-state index is 6.35. The molecule has 1 unspecified atom stereocenters. The van der Waals surface area contributed by atoms with Gasteiger partial charge in [0.25, 0.3) is 0 Å². The quantitative estimate of drug-likeness (QED) is 0.836.